The van der Waals surface area contributed by atoms with E-state index >= 15 is 0 Å². The van der Waals surface area contributed by atoms with Gasteiger partial charge in [0.05, 0.1) is 10.7 Å². The number of nitrogens with one attached hydrogen (secondary N) is 1. The third-order valence-corrected chi connectivity index (χ3v) is 4.03. The molecular weight excluding hydrogens is 278 g/mol. The van der Waals surface area contributed by atoms with Gasteiger partial charge >= 0.3 is 5.97 Å². The van der Waals surface area contributed by atoms with Crippen molar-refractivity contribution >= 4 is 40.0 Å². The molecule has 1 aromatic rings. The smallest absolute Gasteiger partial charge is 0.318 e. The Morgan fingerprint density at radius 1 is 1.44 bits per heavy atom. The van der Waals surface area contributed by atoms with E-state index in [0.717, 1.165) is 0 Å². The number of para-hydroxylation sites is 1. The van der Waals surface area contributed by atoms with Crippen molar-refractivity contribution in [2.75, 3.05) is 11.1 Å². The van der Waals surface area contributed by atoms with Gasteiger partial charge in [-0.25, -0.2) is 0 Å². The van der Waals surface area contributed by atoms with Crippen LogP contribution in [-0.2, 0) is 20.4 Å². The van der Waals surface area contributed by atoms with Crippen molar-refractivity contribution in [2.45, 2.75) is 12.2 Å². The van der Waals surface area contributed by atoms with Crippen LogP contribution in [0.5, 0.6) is 0 Å². The van der Waals surface area contributed by atoms with Gasteiger partial charge in [-0.05, 0) is 19.1 Å². The minimum Gasteiger partial charge on any atom is -0.480 e. The molecule has 0 aromatic heterocycles. The molecule has 1 rings (SSSR count). The molecule has 5 nitrogen and oxygen atoms in total. The summed E-state index contributed by atoms with van der Waals surface area (Å²) in [6.45, 7) is 1.29. The lowest BCUT2D eigenvalue weighted by Gasteiger charge is -2.08. The fourth-order valence-electron chi connectivity index (χ4n) is 1.12. The Balaban J connectivity index is 2.60. The average molecular weight is 290 g/mol. The molecule has 0 heterocycles. The molecule has 0 fully saturated rings. The number of hydrogen-bond donors (Lipinski definition) is 2. The number of halogens is 1. The van der Waals surface area contributed by atoms with Gasteiger partial charge in [-0.3, -0.25) is 13.8 Å². The Labute approximate surface area is 112 Å². The van der Waals surface area contributed by atoms with E-state index in [0.29, 0.717) is 10.7 Å². The van der Waals surface area contributed by atoms with Crippen molar-refractivity contribution in [1.29, 1.82) is 0 Å². The van der Waals surface area contributed by atoms with E-state index in [1.54, 1.807) is 24.3 Å². The summed E-state index contributed by atoms with van der Waals surface area (Å²) >= 11 is 5.83. The highest BCUT2D eigenvalue weighted by atomic mass is 35.5. The number of carbonyl (C=O) groups excluding carboxylic acids is 1. The molecule has 0 aliphatic carbocycles. The van der Waals surface area contributed by atoms with E-state index in [4.69, 9.17) is 16.7 Å². The number of rotatable bonds is 5. The van der Waals surface area contributed by atoms with Crippen LogP contribution in [0.3, 0.4) is 0 Å². The van der Waals surface area contributed by atoms with Gasteiger partial charge in [0.25, 0.3) is 0 Å². The first-order chi connectivity index (χ1) is 8.41. The summed E-state index contributed by atoms with van der Waals surface area (Å²) in [5.41, 5.74) is 0.407. The van der Waals surface area contributed by atoms with Crippen LogP contribution in [0.4, 0.5) is 5.69 Å². The van der Waals surface area contributed by atoms with Crippen molar-refractivity contribution < 1.29 is 18.9 Å². The van der Waals surface area contributed by atoms with Crippen molar-refractivity contribution in [3.8, 4) is 0 Å². The second kappa shape index (κ2) is 6.51. The van der Waals surface area contributed by atoms with Gasteiger partial charge in [0.1, 0.15) is 11.0 Å². The predicted molar refractivity (Wildman–Crippen MR) is 70.2 cm³/mol. The number of carbonyl (C=O) groups is 2. The molecule has 0 bridgehead atoms. The van der Waals surface area contributed by atoms with Gasteiger partial charge in [0.15, 0.2) is 0 Å². The third-order valence-electron chi connectivity index (χ3n) is 2.16. The SMILES string of the molecule is CC(C(=O)O)S(=O)CC(=O)Nc1ccccc1Cl. The first kappa shape index (κ1) is 14.7. The fourth-order valence-corrected chi connectivity index (χ4v) is 2.10. The maximum Gasteiger partial charge on any atom is 0.318 e. The highest BCUT2D eigenvalue weighted by molar-refractivity contribution is 7.87. The Morgan fingerprint density at radius 3 is 2.61 bits per heavy atom. The lowest BCUT2D eigenvalue weighted by molar-refractivity contribution is -0.136. The standard InChI is InChI=1S/C11H12ClNO4S/c1-7(11(15)16)18(17)6-10(14)13-9-5-3-2-4-8(9)12/h2-5,7H,6H2,1H3,(H,13,14)(H,15,16). The van der Waals surface area contributed by atoms with E-state index in [2.05, 4.69) is 5.32 Å². The second-order valence-corrected chi connectivity index (χ2v) is 5.70. The van der Waals surface area contributed by atoms with Crippen LogP contribution in [0.15, 0.2) is 24.3 Å². The number of amides is 1. The molecule has 0 saturated heterocycles. The summed E-state index contributed by atoms with van der Waals surface area (Å²) in [4.78, 5) is 22.1. The molecule has 0 radical (unpaired) electrons. The van der Waals surface area contributed by atoms with E-state index in [1.807, 2.05) is 0 Å². The van der Waals surface area contributed by atoms with E-state index < -0.39 is 27.9 Å². The van der Waals surface area contributed by atoms with Gasteiger partial charge in [-0.2, -0.15) is 0 Å². The summed E-state index contributed by atoms with van der Waals surface area (Å²) in [7, 11) is -1.76. The predicted octanol–water partition coefficient (Wildman–Crippen LogP) is 1.50. The van der Waals surface area contributed by atoms with Gasteiger partial charge < -0.3 is 10.4 Å². The number of carboxylic acids is 1. The molecule has 2 N–H and O–H groups in total. The summed E-state index contributed by atoms with van der Waals surface area (Å²) in [6, 6.07) is 6.61. The van der Waals surface area contributed by atoms with Crippen LogP contribution in [0.2, 0.25) is 5.02 Å². The topological polar surface area (TPSA) is 83.5 Å². The molecule has 18 heavy (non-hydrogen) atoms. The Bertz CT molecular complexity index is 492. The van der Waals surface area contributed by atoms with Crippen LogP contribution >= 0.6 is 11.6 Å². The highest BCUT2D eigenvalue weighted by Crippen LogP contribution is 2.20. The summed E-state index contributed by atoms with van der Waals surface area (Å²) in [5.74, 6) is -2.10. The fraction of sp³-hybridized carbons (Fsp3) is 0.273. The first-order valence-corrected chi connectivity index (χ1v) is 6.82. The van der Waals surface area contributed by atoms with E-state index in [9.17, 15) is 13.8 Å². The third kappa shape index (κ3) is 4.12. The average Bonchev–Trinajstić information content (AvgIpc) is 2.30. The molecule has 1 aromatic carbocycles. The monoisotopic (exact) mass is 289 g/mol. The molecule has 98 valence electrons. The van der Waals surface area contributed by atoms with E-state index in [-0.39, 0.29) is 5.75 Å². The molecule has 0 spiro atoms. The Hall–Kier alpha value is -1.40. The minimum atomic E-state index is -1.76. The quantitative estimate of drug-likeness (QED) is 0.860. The lowest BCUT2D eigenvalue weighted by atomic mass is 10.3. The van der Waals surface area contributed by atoms with Crippen LogP contribution < -0.4 is 5.32 Å². The number of benzene rings is 1. The number of aliphatic carboxylic acids is 1. The Morgan fingerprint density at radius 2 is 2.06 bits per heavy atom. The van der Waals surface area contributed by atoms with E-state index in [1.165, 1.54) is 6.92 Å². The van der Waals surface area contributed by atoms with Gasteiger partial charge in [0.2, 0.25) is 5.91 Å². The van der Waals surface area contributed by atoms with Gasteiger partial charge in [-0.15, -0.1) is 0 Å². The van der Waals surface area contributed by atoms with Crippen molar-refractivity contribution in [3.63, 3.8) is 0 Å². The van der Waals surface area contributed by atoms with Gasteiger partial charge in [0, 0.05) is 10.8 Å². The summed E-state index contributed by atoms with van der Waals surface area (Å²) in [5, 5.41) is 10.4. The molecule has 0 saturated carbocycles. The number of carboxylic acid groups (broad SMARTS) is 1. The normalized spacial score (nSPS) is 13.7. The summed E-state index contributed by atoms with van der Waals surface area (Å²) in [6.07, 6.45) is 0. The minimum absolute atomic E-state index is 0.364. The molecule has 1 amide bonds. The molecule has 0 aliphatic heterocycles. The first-order valence-electron chi connectivity index (χ1n) is 5.06. The highest BCUT2D eigenvalue weighted by Gasteiger charge is 2.21. The lowest BCUT2D eigenvalue weighted by Crippen LogP contribution is -2.29. The summed E-state index contributed by atoms with van der Waals surface area (Å²) < 4.78 is 11.5. The van der Waals surface area contributed by atoms with Crippen LogP contribution in [-0.4, -0.2) is 32.2 Å². The molecular formula is C11H12ClNO4S. The zero-order valence-electron chi connectivity index (χ0n) is 9.55. The van der Waals surface area contributed by atoms with Crippen molar-refractivity contribution in [2.24, 2.45) is 0 Å². The number of hydrogen-bond acceptors (Lipinski definition) is 3. The largest absolute Gasteiger partial charge is 0.480 e. The van der Waals surface area contributed by atoms with Crippen LogP contribution in [0.25, 0.3) is 0 Å². The van der Waals surface area contributed by atoms with Crippen molar-refractivity contribution in [1.82, 2.24) is 0 Å². The zero-order chi connectivity index (χ0) is 13.7. The molecule has 0 aliphatic rings. The maximum absolute atomic E-state index is 11.5. The molecule has 2 atom stereocenters. The number of anilines is 1. The molecule has 2 unspecified atom stereocenters. The van der Waals surface area contributed by atoms with Crippen LogP contribution in [0.1, 0.15) is 6.92 Å². The zero-order valence-corrected chi connectivity index (χ0v) is 11.1. The second-order valence-electron chi connectivity index (χ2n) is 3.53. The maximum atomic E-state index is 11.5. The Kier molecular flexibility index (Phi) is 5.30. The molecule has 7 heteroatoms. The van der Waals surface area contributed by atoms with Crippen molar-refractivity contribution in [3.05, 3.63) is 29.3 Å². The van der Waals surface area contributed by atoms with Gasteiger partial charge in [-0.1, -0.05) is 23.7 Å². The van der Waals surface area contributed by atoms with Crippen LogP contribution in [0, 0.1) is 0 Å².